The molecule has 0 aromatic carbocycles. The van der Waals surface area contributed by atoms with E-state index in [1.807, 2.05) is 0 Å². The molecule has 8 unspecified atom stereocenters. The molecule has 204 valence electrons. The van der Waals surface area contributed by atoms with Crippen molar-refractivity contribution in [3.63, 3.8) is 0 Å². The van der Waals surface area contributed by atoms with E-state index in [0.717, 1.165) is 0 Å². The summed E-state index contributed by atoms with van der Waals surface area (Å²) in [5, 5.41) is 0. The summed E-state index contributed by atoms with van der Waals surface area (Å²) in [4.78, 5) is 0. The second-order valence-electron chi connectivity index (χ2n) is 20.0. The van der Waals surface area contributed by atoms with Gasteiger partial charge in [-0.2, -0.15) is 0 Å². The van der Waals surface area contributed by atoms with Crippen LogP contribution in [0.1, 0.15) is 138 Å². The minimum Gasteiger partial charge on any atom is -0.0588 e. The monoisotopic (exact) mass is 492 g/mol. The van der Waals surface area contributed by atoms with Gasteiger partial charge in [-0.1, -0.05) is 138 Å². The molecule has 7 fully saturated rings. The molecule has 7 aliphatic rings. The highest BCUT2D eigenvalue weighted by Crippen LogP contribution is 3.25. The van der Waals surface area contributed by atoms with Gasteiger partial charge in [0.05, 0.1) is 0 Å². The van der Waals surface area contributed by atoms with E-state index in [9.17, 15) is 0 Å². The third-order valence-electron chi connectivity index (χ3n) is 24.1. The van der Waals surface area contributed by atoms with Crippen molar-refractivity contribution < 1.29 is 0 Å². The highest BCUT2D eigenvalue weighted by molar-refractivity contribution is 5.67. The van der Waals surface area contributed by atoms with Gasteiger partial charge < -0.3 is 0 Å². The molecule has 0 heterocycles. The molecule has 0 aromatic rings. The van der Waals surface area contributed by atoms with E-state index < -0.39 is 0 Å². The zero-order valence-electron chi connectivity index (χ0n) is 28.0. The molecule has 0 spiro atoms. The summed E-state index contributed by atoms with van der Waals surface area (Å²) in [5.41, 5.74) is 5.50. The lowest BCUT2D eigenvalue weighted by Gasteiger charge is -3.23. The lowest BCUT2D eigenvalue weighted by molar-refractivity contribution is -0.769. The van der Waals surface area contributed by atoms with E-state index in [2.05, 4.69) is 138 Å². The molecule has 0 aromatic heterocycles. The average molecular weight is 493 g/mol. The first-order valence-corrected chi connectivity index (χ1v) is 15.5. The topological polar surface area (TPSA) is 0 Å². The molecule has 7 aliphatic carbocycles. The summed E-state index contributed by atoms with van der Waals surface area (Å²) in [7, 11) is 0. The van der Waals surface area contributed by atoms with Crippen LogP contribution >= 0.6 is 0 Å². The third kappa shape index (κ3) is 0.944. The quantitative estimate of drug-likeness (QED) is 0.295. The molecule has 0 radical (unpaired) electrons. The summed E-state index contributed by atoms with van der Waals surface area (Å²) < 4.78 is 0. The van der Waals surface area contributed by atoms with Crippen molar-refractivity contribution >= 4 is 0 Å². The molecule has 0 amide bonds. The maximum absolute atomic E-state index is 2.82. The van der Waals surface area contributed by atoms with Crippen LogP contribution in [0.3, 0.4) is 0 Å². The predicted molar refractivity (Wildman–Crippen MR) is 152 cm³/mol. The standard InChI is InChI=1S/C36H60/c1-21(2)22(3,4)26(10)25(21,9)29(13)30(26,14)34(18)33(29,17)35(19)31(15)27(11)23(5,6)24(7,8)28(27,12)32(31,16)36(34,35)20/h1-20H3. The number of fused-ring (bicyclic) bond motifs is 16. The summed E-state index contributed by atoms with van der Waals surface area (Å²) in [6.07, 6.45) is 0. The number of hydrogen-bond donors (Lipinski definition) is 0. The fraction of sp³-hybridized carbons (Fsp3) is 1.00. The fourth-order valence-corrected chi connectivity index (χ4v) is 21.1. The Bertz CT molecular complexity index is 1040. The molecular formula is C36H60. The highest BCUT2D eigenvalue weighted by atomic mass is 15.2. The largest absolute Gasteiger partial charge is 0.0588 e. The van der Waals surface area contributed by atoms with Crippen molar-refractivity contribution in [2.45, 2.75) is 138 Å². The zero-order chi connectivity index (χ0) is 28.0. The first-order chi connectivity index (χ1) is 15.5. The normalized spacial score (nSPS) is 76.3. The van der Waals surface area contributed by atoms with Crippen molar-refractivity contribution in [1.82, 2.24) is 0 Å². The van der Waals surface area contributed by atoms with Gasteiger partial charge in [0.2, 0.25) is 0 Å². The van der Waals surface area contributed by atoms with E-state index in [1.165, 1.54) is 0 Å². The molecule has 7 rings (SSSR count). The van der Waals surface area contributed by atoms with E-state index >= 15 is 0 Å². The van der Waals surface area contributed by atoms with Crippen LogP contribution in [-0.2, 0) is 0 Å². The van der Waals surface area contributed by atoms with E-state index in [4.69, 9.17) is 0 Å². The van der Waals surface area contributed by atoms with Gasteiger partial charge in [0.25, 0.3) is 0 Å². The predicted octanol–water partition coefficient (Wildman–Crippen LogP) is 10.3. The summed E-state index contributed by atoms with van der Waals surface area (Å²) in [6.45, 7) is 54.5. The first kappa shape index (κ1) is 25.0. The summed E-state index contributed by atoms with van der Waals surface area (Å²) in [6, 6.07) is 0. The lowest BCUT2D eigenvalue weighted by atomic mass is 8.80. The Balaban J connectivity index is 1.55. The van der Waals surface area contributed by atoms with Gasteiger partial charge in [0.1, 0.15) is 0 Å². The minimum atomic E-state index is 0.333. The molecule has 0 nitrogen and oxygen atoms in total. The SMILES string of the molecule is CC1(C)C(C)(C)C2(C)C1(C)C1(C)C2(C)C2(C)C1(C)C1(C)C3(C)C4(C)C(C)(C)C(C)(C)C4(C)C3(C)C21C. The van der Waals surface area contributed by atoms with Gasteiger partial charge in [0.15, 0.2) is 0 Å². The van der Waals surface area contributed by atoms with Crippen LogP contribution in [-0.4, -0.2) is 0 Å². The second-order valence-corrected chi connectivity index (χ2v) is 20.0. The maximum atomic E-state index is 2.82. The molecule has 7 saturated carbocycles. The van der Waals surface area contributed by atoms with Crippen LogP contribution in [0.5, 0.6) is 0 Å². The van der Waals surface area contributed by atoms with Crippen LogP contribution in [0.4, 0.5) is 0 Å². The zero-order valence-corrected chi connectivity index (χ0v) is 28.0. The Morgan fingerprint density at radius 2 is 0.222 bits per heavy atom. The van der Waals surface area contributed by atoms with Gasteiger partial charge in [-0.15, -0.1) is 0 Å². The average Bonchev–Trinajstić information content (AvgIpc) is 2.79. The van der Waals surface area contributed by atoms with Gasteiger partial charge >= 0.3 is 0 Å². The molecule has 0 aliphatic heterocycles. The Labute approximate surface area is 224 Å². The summed E-state index contributed by atoms with van der Waals surface area (Å²) >= 11 is 0. The molecule has 0 bridgehead atoms. The van der Waals surface area contributed by atoms with Crippen LogP contribution in [0, 0.1) is 86.6 Å². The van der Waals surface area contributed by atoms with Gasteiger partial charge in [-0.25, -0.2) is 0 Å². The molecule has 0 N–H and O–H groups in total. The minimum absolute atomic E-state index is 0.333. The van der Waals surface area contributed by atoms with Crippen molar-refractivity contribution in [3.05, 3.63) is 0 Å². The van der Waals surface area contributed by atoms with Gasteiger partial charge in [-0.3, -0.25) is 0 Å². The molecule has 0 saturated heterocycles. The van der Waals surface area contributed by atoms with Crippen LogP contribution in [0.2, 0.25) is 0 Å². The maximum Gasteiger partial charge on any atom is -0.0130 e. The van der Waals surface area contributed by atoms with Crippen molar-refractivity contribution in [1.29, 1.82) is 0 Å². The summed E-state index contributed by atoms with van der Waals surface area (Å²) in [5.74, 6) is 0. The molecule has 0 heteroatoms. The first-order valence-electron chi connectivity index (χ1n) is 15.5. The van der Waals surface area contributed by atoms with Gasteiger partial charge in [0, 0.05) is 0 Å². The van der Waals surface area contributed by atoms with E-state index in [1.54, 1.807) is 0 Å². The Morgan fingerprint density at radius 1 is 0.139 bits per heavy atom. The van der Waals surface area contributed by atoms with Gasteiger partial charge in [-0.05, 0) is 86.6 Å². The highest BCUT2D eigenvalue weighted by Gasteiger charge is 3.21. The molecule has 36 heavy (non-hydrogen) atoms. The Kier molecular flexibility index (Phi) is 3.05. The second kappa shape index (κ2) is 4.39. The Hall–Kier alpha value is 0. The molecule has 8 atom stereocenters. The molecular weight excluding hydrogens is 432 g/mol. The van der Waals surface area contributed by atoms with E-state index in [0.29, 0.717) is 86.6 Å². The van der Waals surface area contributed by atoms with Crippen molar-refractivity contribution in [3.8, 4) is 0 Å². The Morgan fingerprint density at radius 3 is 0.333 bits per heavy atom. The van der Waals surface area contributed by atoms with E-state index in [-0.39, 0.29) is 0 Å². The third-order valence-corrected chi connectivity index (χ3v) is 24.1. The van der Waals surface area contributed by atoms with Crippen molar-refractivity contribution in [2.24, 2.45) is 86.6 Å². The number of rotatable bonds is 0. The number of hydrogen-bond acceptors (Lipinski definition) is 0. The van der Waals surface area contributed by atoms with Crippen LogP contribution in [0.25, 0.3) is 0 Å². The smallest absolute Gasteiger partial charge is 0.0130 e. The van der Waals surface area contributed by atoms with Crippen molar-refractivity contribution in [2.75, 3.05) is 0 Å². The van der Waals surface area contributed by atoms with Crippen LogP contribution < -0.4 is 0 Å². The van der Waals surface area contributed by atoms with Crippen LogP contribution in [0.15, 0.2) is 0 Å². The lowest BCUT2D eigenvalue weighted by Crippen LogP contribution is -3.20. The fourth-order valence-electron chi connectivity index (χ4n) is 21.1.